The summed E-state index contributed by atoms with van der Waals surface area (Å²) in [5.74, 6) is -0.893. The van der Waals surface area contributed by atoms with E-state index in [2.05, 4.69) is 17.1 Å². The highest BCUT2D eigenvalue weighted by Gasteiger charge is 2.26. The molecule has 0 spiro atoms. The maximum atomic E-state index is 12.2. The lowest BCUT2D eigenvalue weighted by Crippen LogP contribution is -2.10. The van der Waals surface area contributed by atoms with Gasteiger partial charge in [0.2, 0.25) is 0 Å². The molecule has 0 unspecified atom stereocenters. The number of aromatic nitrogens is 1. The third-order valence-electron chi connectivity index (χ3n) is 4.57. The molecular weight excluding hydrogens is 362 g/mol. The Morgan fingerprint density at radius 2 is 1.77 bits per heavy atom. The molecule has 26 heavy (non-hydrogen) atoms. The average Bonchev–Trinajstić information content (AvgIpc) is 3.09. The Balaban J connectivity index is 1.72. The van der Waals surface area contributed by atoms with Crippen molar-refractivity contribution in [2.45, 2.75) is 16.2 Å². The molecule has 0 radical (unpaired) electrons. The van der Waals surface area contributed by atoms with E-state index in [1.165, 1.54) is 21.8 Å². The lowest BCUT2D eigenvalue weighted by Gasteiger charge is -2.21. The lowest BCUT2D eigenvalue weighted by molar-refractivity contribution is 0.0696. The fraction of sp³-hybridized carbons (Fsp3) is 0.0476. The Morgan fingerprint density at radius 1 is 0.962 bits per heavy atom. The number of carbonyl (C=O) groups is 1. The Morgan fingerprint density at radius 3 is 2.62 bits per heavy atom. The van der Waals surface area contributed by atoms with Crippen molar-refractivity contribution in [3.63, 3.8) is 0 Å². The van der Waals surface area contributed by atoms with Crippen molar-refractivity contribution >= 4 is 39.3 Å². The van der Waals surface area contributed by atoms with Gasteiger partial charge in [-0.05, 0) is 41.5 Å². The average molecular weight is 375 g/mol. The van der Waals surface area contributed by atoms with Gasteiger partial charge < -0.3 is 5.11 Å². The van der Waals surface area contributed by atoms with Crippen LogP contribution in [0.5, 0.6) is 0 Å². The molecule has 1 aromatic heterocycles. The first kappa shape index (κ1) is 15.6. The van der Waals surface area contributed by atoms with E-state index < -0.39 is 5.97 Å². The molecule has 0 fully saturated rings. The standard InChI is InChI=1S/C21H13NO2S2/c23-21(24)19-13(20-22-15-6-2-4-8-18(15)26-20)9-10-17-14(19)11-12-5-1-3-7-16(12)25-17/h1-10H,11H2,(H,23,24). The smallest absolute Gasteiger partial charge is 0.336 e. The Bertz CT molecular complexity index is 1150. The highest BCUT2D eigenvalue weighted by atomic mass is 32.2. The SMILES string of the molecule is O=C(O)c1c(-c2nc3ccccc3s2)ccc2c1Cc1ccccc1S2. The molecule has 3 nitrogen and oxygen atoms in total. The van der Waals surface area contributed by atoms with Crippen LogP contribution in [-0.4, -0.2) is 16.1 Å². The number of benzene rings is 3. The molecule has 3 aromatic carbocycles. The van der Waals surface area contributed by atoms with E-state index in [1.807, 2.05) is 48.5 Å². The molecule has 126 valence electrons. The summed E-state index contributed by atoms with van der Waals surface area (Å²) in [6.07, 6.45) is 0.638. The van der Waals surface area contributed by atoms with Gasteiger partial charge in [-0.25, -0.2) is 9.78 Å². The van der Waals surface area contributed by atoms with Gasteiger partial charge in [0, 0.05) is 21.8 Å². The summed E-state index contributed by atoms with van der Waals surface area (Å²) in [5, 5.41) is 10.7. The number of rotatable bonds is 2. The van der Waals surface area contributed by atoms with Crippen LogP contribution in [0, 0.1) is 0 Å². The van der Waals surface area contributed by atoms with Crippen LogP contribution in [0.1, 0.15) is 21.5 Å². The van der Waals surface area contributed by atoms with Crippen LogP contribution in [0.3, 0.4) is 0 Å². The molecule has 0 saturated heterocycles. The summed E-state index contributed by atoms with van der Waals surface area (Å²) >= 11 is 3.18. The first-order chi connectivity index (χ1) is 12.7. The maximum Gasteiger partial charge on any atom is 0.336 e. The van der Waals surface area contributed by atoms with Crippen LogP contribution in [0.4, 0.5) is 0 Å². The number of carboxylic acid groups (broad SMARTS) is 1. The van der Waals surface area contributed by atoms with Crippen molar-refractivity contribution < 1.29 is 9.90 Å². The van der Waals surface area contributed by atoms with Crippen LogP contribution >= 0.6 is 23.1 Å². The zero-order valence-electron chi connectivity index (χ0n) is 13.6. The van der Waals surface area contributed by atoms with Crippen LogP contribution in [0.2, 0.25) is 0 Å². The van der Waals surface area contributed by atoms with Crippen molar-refractivity contribution in [2.24, 2.45) is 0 Å². The molecule has 0 bridgehead atoms. The monoisotopic (exact) mass is 375 g/mol. The predicted octanol–water partition coefficient (Wildman–Crippen LogP) is 5.72. The van der Waals surface area contributed by atoms with Gasteiger partial charge in [0.15, 0.2) is 0 Å². The Hall–Kier alpha value is -2.63. The highest BCUT2D eigenvalue weighted by molar-refractivity contribution is 7.99. The minimum absolute atomic E-state index is 0.378. The lowest BCUT2D eigenvalue weighted by atomic mass is 9.95. The van der Waals surface area contributed by atoms with E-state index in [4.69, 9.17) is 0 Å². The first-order valence-electron chi connectivity index (χ1n) is 8.21. The molecule has 5 rings (SSSR count). The molecule has 0 amide bonds. The van der Waals surface area contributed by atoms with Gasteiger partial charge >= 0.3 is 5.97 Å². The van der Waals surface area contributed by atoms with Crippen LogP contribution in [0.25, 0.3) is 20.8 Å². The van der Waals surface area contributed by atoms with Gasteiger partial charge in [-0.2, -0.15) is 0 Å². The van der Waals surface area contributed by atoms with E-state index in [0.717, 1.165) is 25.7 Å². The second-order valence-corrected chi connectivity index (χ2v) is 8.26. The number of hydrogen-bond donors (Lipinski definition) is 1. The molecular formula is C21H13NO2S2. The maximum absolute atomic E-state index is 12.2. The quantitative estimate of drug-likeness (QED) is 0.429. The number of fused-ring (bicyclic) bond motifs is 3. The zero-order chi connectivity index (χ0) is 17.7. The van der Waals surface area contributed by atoms with Gasteiger partial charge in [0.05, 0.1) is 15.8 Å². The van der Waals surface area contributed by atoms with Gasteiger partial charge in [0.25, 0.3) is 0 Å². The predicted molar refractivity (Wildman–Crippen MR) is 105 cm³/mol. The third kappa shape index (κ3) is 2.43. The molecule has 0 aliphatic carbocycles. The molecule has 0 saturated carbocycles. The molecule has 0 atom stereocenters. The number of carboxylic acids is 1. The molecule has 1 aliphatic heterocycles. The van der Waals surface area contributed by atoms with Crippen LogP contribution < -0.4 is 0 Å². The number of nitrogens with zero attached hydrogens (tertiary/aromatic N) is 1. The summed E-state index contributed by atoms with van der Waals surface area (Å²) in [5.41, 5.74) is 4.05. The van der Waals surface area contributed by atoms with Gasteiger partial charge in [-0.3, -0.25) is 0 Å². The third-order valence-corrected chi connectivity index (χ3v) is 6.86. The van der Waals surface area contributed by atoms with Crippen molar-refractivity contribution in [2.75, 3.05) is 0 Å². The zero-order valence-corrected chi connectivity index (χ0v) is 15.2. The summed E-state index contributed by atoms with van der Waals surface area (Å²) in [6.45, 7) is 0. The first-order valence-corrected chi connectivity index (χ1v) is 9.85. The molecule has 1 aliphatic rings. The Kier molecular flexibility index (Phi) is 3.58. The van der Waals surface area contributed by atoms with Gasteiger partial charge in [0.1, 0.15) is 5.01 Å². The fourth-order valence-electron chi connectivity index (χ4n) is 3.37. The normalized spacial score (nSPS) is 12.6. The van der Waals surface area contributed by atoms with Crippen molar-refractivity contribution in [3.8, 4) is 10.6 Å². The summed E-state index contributed by atoms with van der Waals surface area (Å²) in [4.78, 5) is 19.0. The fourth-order valence-corrected chi connectivity index (χ4v) is 5.45. The Labute approximate surface area is 158 Å². The number of hydrogen-bond acceptors (Lipinski definition) is 4. The van der Waals surface area contributed by atoms with Crippen LogP contribution in [-0.2, 0) is 6.42 Å². The van der Waals surface area contributed by atoms with Crippen molar-refractivity contribution in [1.82, 2.24) is 4.98 Å². The topological polar surface area (TPSA) is 50.2 Å². The molecule has 5 heteroatoms. The van der Waals surface area contributed by atoms with Crippen molar-refractivity contribution in [3.05, 3.63) is 77.4 Å². The number of aromatic carboxylic acids is 1. The second kappa shape index (κ2) is 5.97. The number of para-hydroxylation sites is 1. The van der Waals surface area contributed by atoms with E-state index in [1.54, 1.807) is 11.8 Å². The van der Waals surface area contributed by atoms with E-state index in [-0.39, 0.29) is 0 Å². The minimum Gasteiger partial charge on any atom is -0.478 e. The second-order valence-electron chi connectivity index (χ2n) is 6.14. The van der Waals surface area contributed by atoms with Gasteiger partial charge in [-0.1, -0.05) is 42.1 Å². The van der Waals surface area contributed by atoms with E-state index >= 15 is 0 Å². The summed E-state index contributed by atoms with van der Waals surface area (Å²) < 4.78 is 1.07. The highest BCUT2D eigenvalue weighted by Crippen LogP contribution is 2.44. The van der Waals surface area contributed by atoms with Gasteiger partial charge in [-0.15, -0.1) is 11.3 Å². The molecule has 2 heterocycles. The van der Waals surface area contributed by atoms with E-state index in [0.29, 0.717) is 17.5 Å². The number of thiazole rings is 1. The summed E-state index contributed by atoms with van der Waals surface area (Å²) in [6, 6.07) is 20.0. The largest absolute Gasteiger partial charge is 0.478 e. The summed E-state index contributed by atoms with van der Waals surface area (Å²) in [7, 11) is 0. The van der Waals surface area contributed by atoms with E-state index in [9.17, 15) is 9.90 Å². The molecule has 4 aromatic rings. The molecule has 1 N–H and O–H groups in total. The van der Waals surface area contributed by atoms with Crippen LogP contribution in [0.15, 0.2) is 70.5 Å². The van der Waals surface area contributed by atoms with Crippen molar-refractivity contribution in [1.29, 1.82) is 0 Å². The minimum atomic E-state index is -0.893.